The normalized spacial score (nSPS) is 10.6. The van der Waals surface area contributed by atoms with Gasteiger partial charge in [0.1, 0.15) is 5.75 Å². The zero-order valence-electron chi connectivity index (χ0n) is 12.3. The molecule has 5 heteroatoms. The number of aromatic hydroxyl groups is 1. The van der Waals surface area contributed by atoms with Crippen LogP contribution in [0.25, 0.3) is 0 Å². The minimum atomic E-state index is -0.0696. The van der Waals surface area contributed by atoms with Gasteiger partial charge in [-0.3, -0.25) is 14.5 Å². The van der Waals surface area contributed by atoms with Crippen molar-refractivity contribution in [2.45, 2.75) is 13.8 Å². The first-order chi connectivity index (χ1) is 9.47. The molecule has 1 N–H and O–H groups in total. The fourth-order valence-electron chi connectivity index (χ4n) is 1.95. The summed E-state index contributed by atoms with van der Waals surface area (Å²) >= 11 is 0. The van der Waals surface area contributed by atoms with Crippen LogP contribution in [0.1, 0.15) is 24.2 Å². The van der Waals surface area contributed by atoms with Crippen molar-refractivity contribution in [1.29, 1.82) is 0 Å². The van der Waals surface area contributed by atoms with Crippen LogP contribution in [-0.2, 0) is 4.79 Å². The van der Waals surface area contributed by atoms with Crippen LogP contribution < -0.4 is 0 Å². The third-order valence-corrected chi connectivity index (χ3v) is 3.12. The van der Waals surface area contributed by atoms with Crippen LogP contribution in [0.15, 0.2) is 24.3 Å². The summed E-state index contributed by atoms with van der Waals surface area (Å²) in [7, 11) is 1.75. The van der Waals surface area contributed by atoms with E-state index in [0.29, 0.717) is 18.7 Å². The number of rotatable bonds is 7. The third kappa shape index (κ3) is 4.66. The number of carbonyl (C=O) groups excluding carboxylic acids is 2. The number of hydrogen-bond donors (Lipinski definition) is 1. The summed E-state index contributed by atoms with van der Waals surface area (Å²) in [5, 5.41) is 9.18. The minimum absolute atomic E-state index is 0.0241. The van der Waals surface area contributed by atoms with Crippen LogP contribution >= 0.6 is 0 Å². The smallest absolute Gasteiger partial charge is 0.236 e. The van der Waals surface area contributed by atoms with E-state index in [1.54, 1.807) is 29.0 Å². The molecule has 0 atom stereocenters. The van der Waals surface area contributed by atoms with Crippen LogP contribution in [0.4, 0.5) is 0 Å². The molecule has 1 rings (SSSR count). The standard InChI is InChI=1S/C15H22N2O3/c1-4-17(5-2)15(20)11-16(3)10-14(19)12-6-8-13(18)9-7-12/h6-9,18H,4-5,10-11H2,1-3H3. The molecule has 0 aliphatic heterocycles. The Balaban J connectivity index is 2.53. The summed E-state index contributed by atoms with van der Waals surface area (Å²) in [5.41, 5.74) is 0.532. The second-order valence-electron chi connectivity index (χ2n) is 4.71. The van der Waals surface area contributed by atoms with Gasteiger partial charge in [-0.2, -0.15) is 0 Å². The predicted octanol–water partition coefficient (Wildman–Crippen LogP) is 1.38. The number of ketones is 1. The second-order valence-corrected chi connectivity index (χ2v) is 4.71. The molecule has 0 saturated heterocycles. The first-order valence-corrected chi connectivity index (χ1v) is 6.76. The molecule has 0 heterocycles. The molecule has 0 saturated carbocycles. The molecule has 0 aromatic heterocycles. The predicted molar refractivity (Wildman–Crippen MR) is 77.9 cm³/mol. The molecular formula is C15H22N2O3. The maximum absolute atomic E-state index is 12.0. The topological polar surface area (TPSA) is 60.9 Å². The highest BCUT2D eigenvalue weighted by Gasteiger charge is 2.15. The molecule has 0 bridgehead atoms. The fourth-order valence-corrected chi connectivity index (χ4v) is 1.95. The number of nitrogens with zero attached hydrogens (tertiary/aromatic N) is 2. The van der Waals surface area contributed by atoms with Crippen LogP contribution in [-0.4, -0.2) is 59.8 Å². The van der Waals surface area contributed by atoms with Gasteiger partial charge in [-0.1, -0.05) is 0 Å². The average Bonchev–Trinajstić information content (AvgIpc) is 2.40. The molecule has 0 aliphatic carbocycles. The van der Waals surface area contributed by atoms with Gasteiger partial charge < -0.3 is 10.0 Å². The molecule has 20 heavy (non-hydrogen) atoms. The second kappa shape index (κ2) is 7.65. The van der Waals surface area contributed by atoms with Gasteiger partial charge in [0.2, 0.25) is 5.91 Å². The molecule has 5 nitrogen and oxygen atoms in total. The van der Waals surface area contributed by atoms with Gasteiger partial charge in [-0.05, 0) is 45.2 Å². The number of benzene rings is 1. The van der Waals surface area contributed by atoms with Crippen molar-refractivity contribution in [3.8, 4) is 5.75 Å². The van der Waals surface area contributed by atoms with Crippen LogP contribution in [0.5, 0.6) is 5.75 Å². The lowest BCUT2D eigenvalue weighted by Crippen LogP contribution is -2.40. The average molecular weight is 278 g/mol. The van der Waals surface area contributed by atoms with E-state index in [4.69, 9.17) is 0 Å². The number of Topliss-reactive ketones (excluding diaryl/α,β-unsaturated/α-hetero) is 1. The number of carbonyl (C=O) groups is 2. The largest absolute Gasteiger partial charge is 0.508 e. The van der Waals surface area contributed by atoms with E-state index < -0.39 is 0 Å². The quantitative estimate of drug-likeness (QED) is 0.765. The molecule has 0 aliphatic rings. The Morgan fingerprint density at radius 1 is 1.05 bits per heavy atom. The molecular weight excluding hydrogens is 256 g/mol. The lowest BCUT2D eigenvalue weighted by atomic mass is 10.1. The van der Waals surface area contributed by atoms with Gasteiger partial charge in [0.15, 0.2) is 5.78 Å². The van der Waals surface area contributed by atoms with E-state index in [0.717, 1.165) is 0 Å². The Morgan fingerprint density at radius 3 is 2.10 bits per heavy atom. The molecule has 1 amide bonds. The minimum Gasteiger partial charge on any atom is -0.508 e. The third-order valence-electron chi connectivity index (χ3n) is 3.12. The number of phenols is 1. The zero-order valence-corrected chi connectivity index (χ0v) is 12.3. The van der Waals surface area contributed by atoms with Crippen molar-refractivity contribution < 1.29 is 14.7 Å². The van der Waals surface area contributed by atoms with Crippen molar-refractivity contribution in [3.63, 3.8) is 0 Å². The molecule has 0 fully saturated rings. The van der Waals surface area contributed by atoms with E-state index >= 15 is 0 Å². The van der Waals surface area contributed by atoms with Gasteiger partial charge in [-0.25, -0.2) is 0 Å². The summed E-state index contributed by atoms with van der Waals surface area (Å²) in [6, 6.07) is 6.12. The van der Waals surface area contributed by atoms with Gasteiger partial charge in [0.05, 0.1) is 13.1 Å². The summed E-state index contributed by atoms with van der Waals surface area (Å²) in [4.78, 5) is 27.4. The number of hydrogen-bond acceptors (Lipinski definition) is 4. The molecule has 0 radical (unpaired) electrons. The van der Waals surface area contributed by atoms with E-state index in [9.17, 15) is 14.7 Å². The van der Waals surface area contributed by atoms with Crippen molar-refractivity contribution >= 4 is 11.7 Å². The summed E-state index contributed by atoms with van der Waals surface area (Å²) in [6.07, 6.45) is 0. The lowest BCUT2D eigenvalue weighted by molar-refractivity contribution is -0.131. The van der Waals surface area contributed by atoms with Crippen molar-refractivity contribution in [2.75, 3.05) is 33.2 Å². The maximum atomic E-state index is 12.0. The fraction of sp³-hybridized carbons (Fsp3) is 0.467. The van der Waals surface area contributed by atoms with Crippen LogP contribution in [0, 0.1) is 0 Å². The SMILES string of the molecule is CCN(CC)C(=O)CN(C)CC(=O)c1ccc(O)cc1. The Kier molecular flexibility index (Phi) is 6.18. The molecule has 110 valence electrons. The van der Waals surface area contributed by atoms with E-state index in [1.165, 1.54) is 12.1 Å². The van der Waals surface area contributed by atoms with E-state index in [-0.39, 0.29) is 30.5 Å². The van der Waals surface area contributed by atoms with Crippen LogP contribution in [0.3, 0.4) is 0 Å². The molecule has 0 spiro atoms. The van der Waals surface area contributed by atoms with Gasteiger partial charge in [0.25, 0.3) is 0 Å². The highest BCUT2D eigenvalue weighted by atomic mass is 16.3. The van der Waals surface area contributed by atoms with Gasteiger partial charge in [-0.15, -0.1) is 0 Å². The highest BCUT2D eigenvalue weighted by molar-refractivity contribution is 5.97. The highest BCUT2D eigenvalue weighted by Crippen LogP contribution is 2.10. The first kappa shape index (κ1) is 16.2. The first-order valence-electron chi connectivity index (χ1n) is 6.76. The van der Waals surface area contributed by atoms with E-state index in [1.807, 2.05) is 13.8 Å². The Morgan fingerprint density at radius 2 is 1.60 bits per heavy atom. The summed E-state index contributed by atoms with van der Waals surface area (Å²) in [6.45, 7) is 5.62. The monoisotopic (exact) mass is 278 g/mol. The van der Waals surface area contributed by atoms with Crippen molar-refractivity contribution in [1.82, 2.24) is 9.80 Å². The van der Waals surface area contributed by atoms with E-state index in [2.05, 4.69) is 0 Å². The van der Waals surface area contributed by atoms with Gasteiger partial charge in [0, 0.05) is 18.7 Å². The number of phenolic OH excluding ortho intramolecular Hbond substituents is 1. The summed E-state index contributed by atoms with van der Waals surface area (Å²) in [5.74, 6) is 0.0856. The number of amides is 1. The Hall–Kier alpha value is -1.88. The Bertz CT molecular complexity index is 453. The van der Waals surface area contributed by atoms with Crippen molar-refractivity contribution in [3.05, 3.63) is 29.8 Å². The van der Waals surface area contributed by atoms with Crippen LogP contribution in [0.2, 0.25) is 0 Å². The lowest BCUT2D eigenvalue weighted by Gasteiger charge is -2.22. The molecule has 1 aromatic carbocycles. The Labute approximate surface area is 119 Å². The molecule has 1 aromatic rings. The maximum Gasteiger partial charge on any atom is 0.236 e. The van der Waals surface area contributed by atoms with Crippen molar-refractivity contribution in [2.24, 2.45) is 0 Å². The molecule has 0 unspecified atom stereocenters. The zero-order chi connectivity index (χ0) is 15.1. The van der Waals surface area contributed by atoms with Gasteiger partial charge >= 0.3 is 0 Å². The number of likely N-dealkylation sites (N-methyl/N-ethyl adjacent to an activating group) is 2. The summed E-state index contributed by atoms with van der Waals surface area (Å²) < 4.78 is 0.